The Morgan fingerprint density at radius 1 is 0.414 bits per heavy atom. The van der Waals surface area contributed by atoms with Gasteiger partial charge in [-0.2, -0.15) is 0 Å². The first-order valence-corrected chi connectivity index (χ1v) is 22.1. The lowest BCUT2D eigenvalue weighted by Crippen LogP contribution is -2.34. The van der Waals surface area contributed by atoms with Crippen LogP contribution in [0.3, 0.4) is 0 Å². The van der Waals surface area contributed by atoms with Crippen LogP contribution in [0.2, 0.25) is 5.02 Å². The number of hydrogen-bond donors (Lipinski definition) is 0. The molecule has 2 aliphatic carbocycles. The van der Waals surface area contributed by atoms with E-state index in [1.54, 1.807) is 0 Å². The Hall–Kier alpha value is -4.01. The molecule has 0 saturated carbocycles. The number of halogens is 1. The van der Waals surface area contributed by atoms with E-state index in [2.05, 4.69) is 211 Å². The van der Waals surface area contributed by atoms with Crippen LogP contribution in [0.1, 0.15) is 162 Å². The van der Waals surface area contributed by atoms with Crippen LogP contribution in [0.5, 0.6) is 0 Å². The van der Waals surface area contributed by atoms with Gasteiger partial charge in [0.25, 0.3) is 0 Å². The third-order valence-electron chi connectivity index (χ3n) is 13.8. The van der Waals surface area contributed by atoms with Crippen LogP contribution < -0.4 is 9.80 Å². The zero-order valence-corrected chi connectivity index (χ0v) is 39.1. The van der Waals surface area contributed by atoms with E-state index < -0.39 is 0 Å². The number of aryl methyl sites for hydroxylation is 1. The summed E-state index contributed by atoms with van der Waals surface area (Å²) in [6.45, 7) is 35.2. The maximum Gasteiger partial charge on any atom is 0.0887 e. The van der Waals surface area contributed by atoms with Crippen LogP contribution >= 0.6 is 11.6 Å². The van der Waals surface area contributed by atoms with Crippen LogP contribution in [-0.2, 0) is 32.5 Å². The van der Waals surface area contributed by atoms with Gasteiger partial charge in [-0.3, -0.25) is 0 Å². The summed E-state index contributed by atoms with van der Waals surface area (Å²) in [5, 5.41) is 0.722. The summed E-state index contributed by atoms with van der Waals surface area (Å²) in [6.07, 6.45) is 4.68. The van der Waals surface area contributed by atoms with Crippen molar-refractivity contribution in [2.45, 2.75) is 162 Å². The summed E-state index contributed by atoms with van der Waals surface area (Å²) in [6, 6.07) is 37.2. The maximum absolute atomic E-state index is 7.98. The SMILES string of the molecule is Cc1cc(N(c2ccc(C(C)(C)C)cc2)c2ccc(C(C)(C)C)cc2)c(Cl)c(N(c2ccc3c(c2)C(C)(C)CCC3(C)C)c2ccc3c(c2)C(C)(C)CCC3(C)C)c1. The van der Waals surface area contributed by atoms with Crippen LogP contribution in [0, 0.1) is 6.92 Å². The van der Waals surface area contributed by atoms with Gasteiger partial charge in [-0.15, -0.1) is 0 Å². The van der Waals surface area contributed by atoms with Crippen molar-refractivity contribution < 1.29 is 0 Å². The zero-order valence-electron chi connectivity index (χ0n) is 38.3. The van der Waals surface area contributed by atoms with Crippen LogP contribution in [0.15, 0.2) is 97.1 Å². The van der Waals surface area contributed by atoms with Crippen molar-refractivity contribution in [2.75, 3.05) is 9.80 Å². The molecule has 0 aliphatic heterocycles. The van der Waals surface area contributed by atoms with Gasteiger partial charge in [-0.05, 0) is 165 Å². The van der Waals surface area contributed by atoms with Crippen LogP contribution in [-0.4, -0.2) is 0 Å². The summed E-state index contributed by atoms with van der Waals surface area (Å²) in [5.74, 6) is 0. The molecule has 7 rings (SSSR count). The molecule has 58 heavy (non-hydrogen) atoms. The molecule has 5 aromatic rings. The Labute approximate surface area is 357 Å². The molecule has 0 spiro atoms. The number of nitrogens with zero attached hydrogens (tertiary/aromatic N) is 2. The lowest BCUT2D eigenvalue weighted by molar-refractivity contribution is 0.332. The van der Waals surface area contributed by atoms with Gasteiger partial charge >= 0.3 is 0 Å². The van der Waals surface area contributed by atoms with E-state index in [9.17, 15) is 0 Å². The quantitative estimate of drug-likeness (QED) is 0.169. The minimum Gasteiger partial charge on any atom is -0.309 e. The molecule has 5 aromatic carbocycles. The number of hydrogen-bond acceptors (Lipinski definition) is 2. The van der Waals surface area contributed by atoms with Gasteiger partial charge in [0, 0.05) is 22.7 Å². The van der Waals surface area contributed by atoms with Gasteiger partial charge in [0.15, 0.2) is 0 Å². The number of rotatable bonds is 6. The van der Waals surface area contributed by atoms with E-state index in [1.807, 2.05) is 0 Å². The molecule has 0 N–H and O–H groups in total. The van der Waals surface area contributed by atoms with E-state index in [0.717, 1.165) is 57.6 Å². The largest absolute Gasteiger partial charge is 0.309 e. The van der Waals surface area contributed by atoms with Gasteiger partial charge in [0.2, 0.25) is 0 Å². The number of benzene rings is 5. The van der Waals surface area contributed by atoms with E-state index in [1.165, 1.54) is 46.2 Å². The minimum absolute atomic E-state index is 0.0453. The summed E-state index contributed by atoms with van der Waals surface area (Å²) in [7, 11) is 0. The van der Waals surface area contributed by atoms with Crippen molar-refractivity contribution in [1.82, 2.24) is 0 Å². The van der Waals surface area contributed by atoms with Gasteiger partial charge < -0.3 is 9.80 Å². The average molecular weight is 794 g/mol. The molecule has 0 atom stereocenters. The summed E-state index contributed by atoms with van der Waals surface area (Å²) in [5.41, 5.74) is 16.4. The second kappa shape index (κ2) is 14.3. The predicted molar refractivity (Wildman–Crippen MR) is 254 cm³/mol. The highest BCUT2D eigenvalue weighted by molar-refractivity contribution is 6.36. The molecule has 2 aliphatic rings. The average Bonchev–Trinajstić information content (AvgIpc) is 3.14. The fourth-order valence-corrected chi connectivity index (χ4v) is 9.84. The highest BCUT2D eigenvalue weighted by Gasteiger charge is 2.40. The topological polar surface area (TPSA) is 6.48 Å². The summed E-state index contributed by atoms with van der Waals surface area (Å²) >= 11 is 7.98. The van der Waals surface area contributed by atoms with Crippen molar-refractivity contribution in [3.63, 3.8) is 0 Å². The normalized spacial score (nSPS) is 17.9. The van der Waals surface area contributed by atoms with Crippen molar-refractivity contribution in [3.05, 3.63) is 141 Å². The fraction of sp³-hybridized carbons (Fsp3) is 0.455. The van der Waals surface area contributed by atoms with Gasteiger partial charge in [-0.1, -0.05) is 145 Å². The lowest BCUT2D eigenvalue weighted by Gasteiger charge is -2.43. The summed E-state index contributed by atoms with van der Waals surface area (Å²) < 4.78 is 0. The molecule has 0 bridgehead atoms. The van der Waals surface area contributed by atoms with Gasteiger partial charge in [-0.25, -0.2) is 0 Å². The van der Waals surface area contributed by atoms with Gasteiger partial charge in [0.1, 0.15) is 0 Å². The second-order valence-electron chi connectivity index (χ2n) is 22.4. The monoisotopic (exact) mass is 793 g/mol. The van der Waals surface area contributed by atoms with Crippen molar-refractivity contribution >= 4 is 45.7 Å². The van der Waals surface area contributed by atoms with Crippen molar-refractivity contribution in [3.8, 4) is 0 Å². The van der Waals surface area contributed by atoms with E-state index in [-0.39, 0.29) is 32.5 Å². The number of anilines is 6. The third-order valence-corrected chi connectivity index (χ3v) is 14.2. The lowest BCUT2D eigenvalue weighted by atomic mass is 9.63. The number of fused-ring (bicyclic) bond motifs is 2. The predicted octanol–water partition coefficient (Wildman–Crippen LogP) is 16.9. The zero-order chi connectivity index (χ0) is 42.4. The first-order valence-electron chi connectivity index (χ1n) is 21.7. The standard InChI is InChI=1S/C55H69ClN2/c1-36-32-47(57(39-20-16-37(17-21-39)50(2,3)4)40-22-18-38(19-23-40)51(5,6)7)49(56)48(33-36)58(41-24-26-43-45(34-41)54(12,13)30-28-52(43,8)9)42-25-27-44-46(35-42)55(14,15)31-29-53(44,10)11/h16-27,32-35H,28-31H2,1-15H3. The van der Waals surface area contributed by atoms with E-state index in [0.29, 0.717) is 0 Å². The van der Waals surface area contributed by atoms with E-state index in [4.69, 9.17) is 11.6 Å². The molecule has 0 radical (unpaired) electrons. The molecule has 2 nitrogen and oxygen atoms in total. The summed E-state index contributed by atoms with van der Waals surface area (Å²) in [4.78, 5) is 4.81. The molecule has 0 fully saturated rings. The van der Waals surface area contributed by atoms with Crippen LogP contribution in [0.4, 0.5) is 34.1 Å². The molecular weight excluding hydrogens is 724 g/mol. The maximum atomic E-state index is 7.98. The molecule has 3 heteroatoms. The van der Waals surface area contributed by atoms with Crippen molar-refractivity contribution in [1.29, 1.82) is 0 Å². The molecule has 0 unspecified atom stereocenters. The minimum atomic E-state index is 0.0453. The first-order chi connectivity index (χ1) is 26.8. The third kappa shape index (κ3) is 7.76. The molecule has 0 heterocycles. The molecule has 0 aromatic heterocycles. The first kappa shape index (κ1) is 42.1. The van der Waals surface area contributed by atoms with E-state index >= 15 is 0 Å². The Kier molecular flexibility index (Phi) is 10.4. The molecule has 306 valence electrons. The Morgan fingerprint density at radius 3 is 1.03 bits per heavy atom. The highest BCUT2D eigenvalue weighted by atomic mass is 35.5. The highest BCUT2D eigenvalue weighted by Crippen LogP contribution is 2.53. The second-order valence-corrected chi connectivity index (χ2v) is 22.8. The molecule has 0 amide bonds. The Morgan fingerprint density at radius 2 is 0.707 bits per heavy atom. The fourth-order valence-electron chi connectivity index (χ4n) is 9.56. The smallest absolute Gasteiger partial charge is 0.0887 e. The Bertz CT molecular complexity index is 2190. The Balaban J connectivity index is 1.49. The van der Waals surface area contributed by atoms with Gasteiger partial charge in [0.05, 0.1) is 16.4 Å². The molecule has 0 saturated heterocycles. The van der Waals surface area contributed by atoms with Crippen LogP contribution in [0.25, 0.3) is 0 Å². The van der Waals surface area contributed by atoms with Crippen molar-refractivity contribution in [2.24, 2.45) is 0 Å². The molecular formula is C55H69ClN2.